The lowest BCUT2D eigenvalue weighted by molar-refractivity contribution is -0.141. The number of benzene rings is 1. The summed E-state index contributed by atoms with van der Waals surface area (Å²) in [4.78, 5) is 9.11. The zero-order valence-electron chi connectivity index (χ0n) is 17.2. The summed E-state index contributed by atoms with van der Waals surface area (Å²) in [5, 5.41) is -0.861. The second kappa shape index (κ2) is 10.0. The summed E-state index contributed by atoms with van der Waals surface area (Å²) < 4.78 is 76.2. The molecular weight excluding hydrogens is 491 g/mol. The van der Waals surface area contributed by atoms with Gasteiger partial charge in [-0.3, -0.25) is 0 Å². The van der Waals surface area contributed by atoms with E-state index in [9.17, 15) is 21.6 Å². The fraction of sp³-hybridized carbons (Fsp3) is 0.474. The molecule has 2 aromatic rings. The lowest BCUT2D eigenvalue weighted by Crippen LogP contribution is -2.28. The number of aromatic nitrogens is 2. The normalized spacial score (nSPS) is 17.1. The maximum absolute atomic E-state index is 13.2. The highest BCUT2D eigenvalue weighted by Crippen LogP contribution is 2.35. The van der Waals surface area contributed by atoms with Crippen molar-refractivity contribution in [3.63, 3.8) is 0 Å². The monoisotopic (exact) mass is 511 g/mol. The van der Waals surface area contributed by atoms with E-state index in [1.165, 1.54) is 30.2 Å². The van der Waals surface area contributed by atoms with Crippen molar-refractivity contribution in [3.05, 3.63) is 35.0 Å². The van der Waals surface area contributed by atoms with Crippen LogP contribution in [-0.2, 0) is 20.8 Å². The van der Waals surface area contributed by atoms with Crippen LogP contribution in [0.3, 0.4) is 0 Å². The third kappa shape index (κ3) is 5.59. The van der Waals surface area contributed by atoms with Crippen molar-refractivity contribution in [2.24, 2.45) is 0 Å². The number of hydrogen-bond donors (Lipinski definition) is 0. The van der Waals surface area contributed by atoms with E-state index in [-0.39, 0.29) is 47.0 Å². The number of nitrogens with zero attached hydrogens (tertiary/aromatic N) is 3. The van der Waals surface area contributed by atoms with Gasteiger partial charge in [-0.05, 0) is 24.8 Å². The maximum Gasteiger partial charge on any atom is 0.433 e. The van der Waals surface area contributed by atoms with Crippen LogP contribution in [-0.4, -0.2) is 63.3 Å². The molecule has 0 amide bonds. The van der Waals surface area contributed by atoms with Gasteiger partial charge < -0.3 is 14.4 Å². The number of anilines is 1. The number of sulfone groups is 1. The molecule has 0 spiro atoms. The summed E-state index contributed by atoms with van der Waals surface area (Å²) in [6, 6.07) is 5.14. The SMILES string of the molecule is COCCOc1ccc(S(=O)(=O)[C@H]2CCN(c3cc(C(F)(F)F)nc(SC)n3)C2)c(Cl)c1. The van der Waals surface area contributed by atoms with Crippen molar-refractivity contribution in [1.29, 1.82) is 0 Å². The molecule has 0 aliphatic carbocycles. The molecule has 1 aliphatic heterocycles. The summed E-state index contributed by atoms with van der Waals surface area (Å²) in [5.74, 6) is 0.451. The van der Waals surface area contributed by atoms with Gasteiger partial charge in [0.15, 0.2) is 20.7 Å². The fourth-order valence-corrected chi connectivity index (χ4v) is 5.83. The molecule has 1 fully saturated rings. The Balaban J connectivity index is 1.80. The van der Waals surface area contributed by atoms with Gasteiger partial charge in [-0.1, -0.05) is 23.4 Å². The molecule has 7 nitrogen and oxygen atoms in total. The van der Waals surface area contributed by atoms with E-state index in [0.29, 0.717) is 12.4 Å². The molecule has 0 N–H and O–H groups in total. The van der Waals surface area contributed by atoms with Crippen LogP contribution in [0.25, 0.3) is 0 Å². The summed E-state index contributed by atoms with van der Waals surface area (Å²) in [6.07, 6.45) is -2.83. The minimum Gasteiger partial charge on any atom is -0.491 e. The Morgan fingerprint density at radius 1 is 1.25 bits per heavy atom. The molecule has 1 aromatic carbocycles. The van der Waals surface area contributed by atoms with Gasteiger partial charge in [0.1, 0.15) is 18.2 Å². The number of thioether (sulfide) groups is 1. The molecule has 0 unspecified atom stereocenters. The smallest absolute Gasteiger partial charge is 0.433 e. The van der Waals surface area contributed by atoms with Gasteiger partial charge in [0.05, 0.1) is 21.8 Å². The van der Waals surface area contributed by atoms with Crippen LogP contribution in [0, 0.1) is 0 Å². The van der Waals surface area contributed by atoms with Crippen LogP contribution in [0.4, 0.5) is 19.0 Å². The fourth-order valence-electron chi connectivity index (χ4n) is 3.23. The first-order chi connectivity index (χ1) is 15.1. The lowest BCUT2D eigenvalue weighted by atomic mass is 10.3. The quantitative estimate of drug-likeness (QED) is 0.299. The lowest BCUT2D eigenvalue weighted by Gasteiger charge is -2.20. The predicted octanol–water partition coefficient (Wildman–Crippen LogP) is 3.95. The van der Waals surface area contributed by atoms with E-state index in [0.717, 1.165) is 17.8 Å². The largest absolute Gasteiger partial charge is 0.491 e. The van der Waals surface area contributed by atoms with E-state index in [1.54, 1.807) is 6.26 Å². The molecule has 1 aromatic heterocycles. The van der Waals surface area contributed by atoms with Crippen LogP contribution in [0.5, 0.6) is 5.75 Å². The Bertz CT molecular complexity index is 1070. The highest BCUT2D eigenvalue weighted by Gasteiger charge is 2.38. The molecule has 1 saturated heterocycles. The Morgan fingerprint density at radius 3 is 2.62 bits per heavy atom. The van der Waals surface area contributed by atoms with E-state index in [2.05, 4.69) is 9.97 Å². The van der Waals surface area contributed by atoms with Gasteiger partial charge >= 0.3 is 6.18 Å². The topological polar surface area (TPSA) is 81.6 Å². The molecule has 0 bridgehead atoms. The Labute approximate surface area is 193 Å². The number of alkyl halides is 3. The van der Waals surface area contributed by atoms with Crippen LogP contribution in [0.15, 0.2) is 34.3 Å². The number of rotatable bonds is 8. The first kappa shape index (κ1) is 24.9. The standard InChI is InChI=1S/C19H21ClF3N3O4S2/c1-29-7-8-30-12-3-4-15(14(20)9-12)32(27,28)13-5-6-26(11-13)17-10-16(19(21,22)23)24-18(25-17)31-2/h3-4,9-10,13H,5-8,11H2,1-2H3/t13-/m0/s1. The van der Waals surface area contributed by atoms with Crippen molar-refractivity contribution in [2.45, 2.75) is 27.9 Å². The molecule has 3 rings (SSSR count). The summed E-state index contributed by atoms with van der Waals surface area (Å²) in [7, 11) is -2.30. The maximum atomic E-state index is 13.2. The average molecular weight is 512 g/mol. The van der Waals surface area contributed by atoms with Crippen LogP contribution in [0.2, 0.25) is 5.02 Å². The van der Waals surface area contributed by atoms with Crippen molar-refractivity contribution in [3.8, 4) is 5.75 Å². The summed E-state index contributed by atoms with van der Waals surface area (Å²) in [5.41, 5.74) is -1.06. The Morgan fingerprint density at radius 2 is 2.00 bits per heavy atom. The van der Waals surface area contributed by atoms with Crippen molar-refractivity contribution < 1.29 is 31.1 Å². The molecule has 176 valence electrons. The van der Waals surface area contributed by atoms with Crippen molar-refractivity contribution >= 4 is 39.0 Å². The zero-order valence-corrected chi connectivity index (χ0v) is 19.6. The summed E-state index contributed by atoms with van der Waals surface area (Å²) in [6.45, 7) is 0.884. The third-order valence-corrected chi connectivity index (χ3v) is 8.04. The van der Waals surface area contributed by atoms with Gasteiger partial charge in [0.25, 0.3) is 0 Å². The number of ether oxygens (including phenoxy) is 2. The zero-order chi connectivity index (χ0) is 23.5. The van der Waals surface area contributed by atoms with Gasteiger partial charge in [-0.25, -0.2) is 18.4 Å². The molecule has 32 heavy (non-hydrogen) atoms. The van der Waals surface area contributed by atoms with Gasteiger partial charge in [0, 0.05) is 32.3 Å². The molecular formula is C19H21ClF3N3O4S2. The Hall–Kier alpha value is -1.76. The van der Waals surface area contributed by atoms with E-state index in [4.69, 9.17) is 21.1 Å². The third-order valence-electron chi connectivity index (χ3n) is 4.84. The summed E-state index contributed by atoms with van der Waals surface area (Å²) >= 11 is 7.20. The van der Waals surface area contributed by atoms with Gasteiger partial charge in [0.2, 0.25) is 0 Å². The van der Waals surface area contributed by atoms with Gasteiger partial charge in [-0.2, -0.15) is 13.2 Å². The molecule has 13 heteroatoms. The minimum atomic E-state index is -4.63. The molecule has 2 heterocycles. The second-order valence-corrected chi connectivity index (χ2v) is 10.3. The second-order valence-electron chi connectivity index (χ2n) is 6.93. The predicted molar refractivity (Wildman–Crippen MR) is 115 cm³/mol. The molecule has 1 atom stereocenters. The molecule has 0 saturated carbocycles. The van der Waals surface area contributed by atoms with E-state index < -0.39 is 27.0 Å². The number of hydrogen-bond acceptors (Lipinski definition) is 8. The van der Waals surface area contributed by atoms with Crippen LogP contribution in [0.1, 0.15) is 12.1 Å². The first-order valence-electron chi connectivity index (χ1n) is 9.46. The van der Waals surface area contributed by atoms with Crippen molar-refractivity contribution in [2.75, 3.05) is 44.6 Å². The first-order valence-corrected chi connectivity index (χ1v) is 12.6. The van der Waals surface area contributed by atoms with Gasteiger partial charge in [-0.15, -0.1) is 0 Å². The molecule has 1 aliphatic rings. The van der Waals surface area contributed by atoms with Crippen LogP contribution >= 0.6 is 23.4 Å². The Kier molecular flexibility index (Phi) is 7.79. The average Bonchev–Trinajstić information content (AvgIpc) is 3.24. The van der Waals surface area contributed by atoms with Crippen LogP contribution < -0.4 is 9.64 Å². The minimum absolute atomic E-state index is 0.00706. The highest BCUT2D eigenvalue weighted by molar-refractivity contribution is 7.98. The number of halogens is 4. The molecule has 0 radical (unpaired) electrons. The van der Waals surface area contributed by atoms with E-state index >= 15 is 0 Å². The number of methoxy groups -OCH3 is 1. The van der Waals surface area contributed by atoms with E-state index in [1.807, 2.05) is 0 Å². The highest BCUT2D eigenvalue weighted by atomic mass is 35.5. The van der Waals surface area contributed by atoms with Crippen molar-refractivity contribution in [1.82, 2.24) is 9.97 Å².